The SMILES string of the molecule is COCCCOc1c(C(N)=NO)c(C)nn1C. The van der Waals surface area contributed by atoms with Crippen molar-refractivity contribution in [3.8, 4) is 5.88 Å². The van der Waals surface area contributed by atoms with Gasteiger partial charge in [-0.05, 0) is 6.92 Å². The predicted molar refractivity (Wildman–Crippen MR) is 62.4 cm³/mol. The molecule has 0 unspecified atom stereocenters. The van der Waals surface area contributed by atoms with E-state index in [0.29, 0.717) is 30.4 Å². The van der Waals surface area contributed by atoms with Crippen molar-refractivity contribution in [2.45, 2.75) is 13.3 Å². The number of aryl methyl sites for hydroxylation is 2. The van der Waals surface area contributed by atoms with Gasteiger partial charge in [0, 0.05) is 27.2 Å². The van der Waals surface area contributed by atoms with E-state index in [1.54, 1.807) is 25.8 Å². The van der Waals surface area contributed by atoms with E-state index in [9.17, 15) is 0 Å². The first-order valence-electron chi connectivity index (χ1n) is 5.25. The molecule has 0 aliphatic rings. The molecule has 3 N–H and O–H groups in total. The van der Waals surface area contributed by atoms with Crippen LogP contribution in [0.5, 0.6) is 5.88 Å². The average Bonchev–Trinajstić information content (AvgIpc) is 2.59. The average molecular weight is 242 g/mol. The molecule has 1 rings (SSSR count). The Morgan fingerprint density at radius 1 is 1.53 bits per heavy atom. The lowest BCUT2D eigenvalue weighted by molar-refractivity contribution is 0.168. The second-order valence-electron chi connectivity index (χ2n) is 3.57. The van der Waals surface area contributed by atoms with Gasteiger partial charge in [0.15, 0.2) is 5.84 Å². The Kier molecular flexibility index (Phi) is 4.77. The Balaban J connectivity index is 2.83. The van der Waals surface area contributed by atoms with Gasteiger partial charge in [-0.1, -0.05) is 5.16 Å². The van der Waals surface area contributed by atoms with Crippen molar-refractivity contribution in [3.63, 3.8) is 0 Å². The molecule has 0 fully saturated rings. The van der Waals surface area contributed by atoms with Crippen LogP contribution in [0.25, 0.3) is 0 Å². The Labute approximate surface area is 99.8 Å². The van der Waals surface area contributed by atoms with E-state index in [0.717, 1.165) is 6.42 Å². The maximum Gasteiger partial charge on any atom is 0.223 e. The summed E-state index contributed by atoms with van der Waals surface area (Å²) in [6.45, 7) is 2.88. The summed E-state index contributed by atoms with van der Waals surface area (Å²) < 4.78 is 12.1. The highest BCUT2D eigenvalue weighted by Crippen LogP contribution is 2.21. The van der Waals surface area contributed by atoms with Crippen LogP contribution in [0.2, 0.25) is 0 Å². The maximum absolute atomic E-state index is 8.71. The van der Waals surface area contributed by atoms with Gasteiger partial charge in [0.05, 0.1) is 12.3 Å². The quantitative estimate of drug-likeness (QED) is 0.245. The minimum absolute atomic E-state index is 0.00246. The normalized spacial score (nSPS) is 11.8. The first-order valence-corrected chi connectivity index (χ1v) is 5.25. The number of hydrogen-bond acceptors (Lipinski definition) is 5. The van der Waals surface area contributed by atoms with Gasteiger partial charge in [-0.3, -0.25) is 0 Å². The second-order valence-corrected chi connectivity index (χ2v) is 3.57. The fourth-order valence-corrected chi connectivity index (χ4v) is 1.52. The number of amidine groups is 1. The number of aromatic nitrogens is 2. The molecule has 96 valence electrons. The predicted octanol–water partition coefficient (Wildman–Crippen LogP) is 0.238. The van der Waals surface area contributed by atoms with E-state index in [4.69, 9.17) is 20.4 Å². The van der Waals surface area contributed by atoms with Gasteiger partial charge in [-0.15, -0.1) is 0 Å². The molecule has 1 aromatic heterocycles. The van der Waals surface area contributed by atoms with Crippen LogP contribution in [-0.2, 0) is 11.8 Å². The lowest BCUT2D eigenvalue weighted by atomic mass is 10.2. The van der Waals surface area contributed by atoms with Gasteiger partial charge in [0.1, 0.15) is 5.56 Å². The molecule has 0 saturated heterocycles. The molecule has 0 aliphatic heterocycles. The van der Waals surface area contributed by atoms with E-state index in [2.05, 4.69) is 10.3 Å². The molecule has 17 heavy (non-hydrogen) atoms. The molecule has 7 nitrogen and oxygen atoms in total. The van der Waals surface area contributed by atoms with Crippen molar-refractivity contribution in [3.05, 3.63) is 11.3 Å². The Hall–Kier alpha value is -1.76. The van der Waals surface area contributed by atoms with Crippen LogP contribution < -0.4 is 10.5 Å². The zero-order valence-electron chi connectivity index (χ0n) is 10.3. The maximum atomic E-state index is 8.71. The van der Waals surface area contributed by atoms with Crippen LogP contribution in [-0.4, -0.2) is 41.1 Å². The van der Waals surface area contributed by atoms with Crippen LogP contribution in [0.15, 0.2) is 5.16 Å². The summed E-state index contributed by atoms with van der Waals surface area (Å²) in [4.78, 5) is 0. The summed E-state index contributed by atoms with van der Waals surface area (Å²) >= 11 is 0. The first-order chi connectivity index (χ1) is 8.11. The van der Waals surface area contributed by atoms with Crippen molar-refractivity contribution in [2.75, 3.05) is 20.3 Å². The van der Waals surface area contributed by atoms with Crippen molar-refractivity contribution < 1.29 is 14.7 Å². The Bertz CT molecular complexity index is 401. The van der Waals surface area contributed by atoms with Crippen molar-refractivity contribution in [1.82, 2.24) is 9.78 Å². The van der Waals surface area contributed by atoms with E-state index in [1.807, 2.05) is 0 Å². The number of nitrogens with two attached hydrogens (primary N) is 1. The number of hydrogen-bond donors (Lipinski definition) is 2. The highest BCUT2D eigenvalue weighted by atomic mass is 16.5. The monoisotopic (exact) mass is 242 g/mol. The first kappa shape index (κ1) is 13.3. The summed E-state index contributed by atoms with van der Waals surface area (Å²) in [6, 6.07) is 0. The topological polar surface area (TPSA) is 94.9 Å². The largest absolute Gasteiger partial charge is 0.477 e. The van der Waals surface area contributed by atoms with Gasteiger partial charge in [0.2, 0.25) is 5.88 Å². The number of methoxy groups -OCH3 is 1. The van der Waals surface area contributed by atoms with Crippen molar-refractivity contribution >= 4 is 5.84 Å². The number of oxime groups is 1. The van der Waals surface area contributed by atoms with Crippen molar-refractivity contribution in [1.29, 1.82) is 0 Å². The van der Waals surface area contributed by atoms with Gasteiger partial charge >= 0.3 is 0 Å². The molecule has 0 amide bonds. The highest BCUT2D eigenvalue weighted by molar-refractivity contribution is 6.00. The Morgan fingerprint density at radius 2 is 2.24 bits per heavy atom. The van der Waals surface area contributed by atoms with Crippen LogP contribution in [0.3, 0.4) is 0 Å². The van der Waals surface area contributed by atoms with Crippen LogP contribution in [0.4, 0.5) is 0 Å². The lowest BCUT2D eigenvalue weighted by Gasteiger charge is -2.08. The standard InChI is InChI=1S/C10H18N4O3/c1-7-8(9(11)13-15)10(14(2)12-7)17-6-4-5-16-3/h15H,4-6H2,1-3H3,(H2,11,13). The third kappa shape index (κ3) is 3.10. The van der Waals surface area contributed by atoms with Gasteiger partial charge in [0.25, 0.3) is 0 Å². The third-order valence-electron chi connectivity index (χ3n) is 2.27. The zero-order valence-corrected chi connectivity index (χ0v) is 10.3. The lowest BCUT2D eigenvalue weighted by Crippen LogP contribution is -2.16. The Morgan fingerprint density at radius 3 is 2.82 bits per heavy atom. The van der Waals surface area contributed by atoms with E-state index in [-0.39, 0.29) is 5.84 Å². The number of ether oxygens (including phenoxy) is 2. The van der Waals surface area contributed by atoms with Gasteiger partial charge in [-0.2, -0.15) is 5.10 Å². The minimum Gasteiger partial charge on any atom is -0.477 e. The smallest absolute Gasteiger partial charge is 0.223 e. The van der Waals surface area contributed by atoms with E-state index >= 15 is 0 Å². The summed E-state index contributed by atoms with van der Waals surface area (Å²) in [7, 11) is 3.38. The number of rotatable bonds is 6. The fraction of sp³-hybridized carbons (Fsp3) is 0.600. The number of nitrogens with zero attached hydrogens (tertiary/aromatic N) is 3. The molecule has 1 heterocycles. The minimum atomic E-state index is -0.00246. The molecule has 0 saturated carbocycles. The van der Waals surface area contributed by atoms with Crippen LogP contribution in [0, 0.1) is 6.92 Å². The summed E-state index contributed by atoms with van der Waals surface area (Å²) in [5.41, 5.74) is 6.76. The van der Waals surface area contributed by atoms with Crippen LogP contribution in [0.1, 0.15) is 17.7 Å². The molecule has 7 heteroatoms. The highest BCUT2D eigenvalue weighted by Gasteiger charge is 2.18. The molecule has 0 spiro atoms. The second kappa shape index (κ2) is 6.09. The van der Waals surface area contributed by atoms with Gasteiger partial charge in [-0.25, -0.2) is 4.68 Å². The summed E-state index contributed by atoms with van der Waals surface area (Å²) in [5, 5.41) is 15.8. The van der Waals surface area contributed by atoms with Crippen LogP contribution >= 0.6 is 0 Å². The molecule has 0 aromatic carbocycles. The van der Waals surface area contributed by atoms with Gasteiger partial charge < -0.3 is 20.4 Å². The van der Waals surface area contributed by atoms with E-state index < -0.39 is 0 Å². The zero-order chi connectivity index (χ0) is 12.8. The molecule has 0 atom stereocenters. The molecular weight excluding hydrogens is 224 g/mol. The molecule has 0 bridgehead atoms. The fourth-order valence-electron chi connectivity index (χ4n) is 1.52. The van der Waals surface area contributed by atoms with Crippen molar-refractivity contribution in [2.24, 2.45) is 17.9 Å². The molecule has 0 radical (unpaired) electrons. The summed E-state index contributed by atoms with van der Waals surface area (Å²) in [6.07, 6.45) is 0.760. The molecule has 0 aliphatic carbocycles. The summed E-state index contributed by atoms with van der Waals surface area (Å²) in [5.74, 6) is 0.492. The third-order valence-corrected chi connectivity index (χ3v) is 2.27. The van der Waals surface area contributed by atoms with E-state index in [1.165, 1.54) is 0 Å². The molecular formula is C10H18N4O3. The molecule has 1 aromatic rings.